The molecule has 0 aliphatic rings. The molecule has 1 aromatic carbocycles. The van der Waals surface area contributed by atoms with Crippen LogP contribution in [0.2, 0.25) is 0 Å². The Morgan fingerprint density at radius 3 is 2.75 bits per heavy atom. The summed E-state index contributed by atoms with van der Waals surface area (Å²) < 4.78 is 4.64. The molecule has 16 heavy (non-hydrogen) atoms. The lowest BCUT2D eigenvalue weighted by atomic mass is 10.1. The molecule has 1 heterocycles. The van der Waals surface area contributed by atoms with Crippen LogP contribution < -0.4 is 5.56 Å². The largest absolute Gasteiger partial charge is 0.465 e. The second kappa shape index (κ2) is 3.81. The zero-order valence-corrected chi connectivity index (χ0v) is 9.03. The predicted octanol–water partition coefficient (Wildman–Crippen LogP) is 1.62. The van der Waals surface area contributed by atoms with Gasteiger partial charge in [-0.25, -0.2) is 4.79 Å². The van der Waals surface area contributed by atoms with Crippen molar-refractivity contribution >= 4 is 16.9 Å². The van der Waals surface area contributed by atoms with Gasteiger partial charge >= 0.3 is 5.97 Å². The summed E-state index contributed by atoms with van der Waals surface area (Å²) in [6.07, 6.45) is 0. The van der Waals surface area contributed by atoms with Gasteiger partial charge in [0, 0.05) is 17.0 Å². The van der Waals surface area contributed by atoms with Crippen LogP contribution in [0.1, 0.15) is 15.9 Å². The van der Waals surface area contributed by atoms with Gasteiger partial charge in [0.15, 0.2) is 0 Å². The summed E-state index contributed by atoms with van der Waals surface area (Å²) in [6.45, 7) is 1.83. The smallest absolute Gasteiger partial charge is 0.337 e. The molecular formula is C12H11NO3. The van der Waals surface area contributed by atoms with Gasteiger partial charge in [-0.3, -0.25) is 4.79 Å². The Hall–Kier alpha value is -2.10. The number of fused-ring (bicyclic) bond motifs is 1. The fourth-order valence-electron chi connectivity index (χ4n) is 1.67. The third kappa shape index (κ3) is 1.69. The van der Waals surface area contributed by atoms with Crippen LogP contribution in [-0.2, 0) is 4.74 Å². The topological polar surface area (TPSA) is 59.2 Å². The first-order valence-electron chi connectivity index (χ1n) is 4.84. The second-order valence-electron chi connectivity index (χ2n) is 3.57. The van der Waals surface area contributed by atoms with Crippen molar-refractivity contribution in [2.24, 2.45) is 0 Å². The Morgan fingerprint density at radius 2 is 2.06 bits per heavy atom. The molecule has 1 N–H and O–H groups in total. The highest BCUT2D eigenvalue weighted by Gasteiger charge is 2.07. The minimum atomic E-state index is -0.382. The van der Waals surface area contributed by atoms with E-state index in [1.165, 1.54) is 13.2 Å². The van der Waals surface area contributed by atoms with Crippen molar-refractivity contribution < 1.29 is 9.53 Å². The third-order valence-electron chi connectivity index (χ3n) is 2.47. The van der Waals surface area contributed by atoms with Crippen LogP contribution in [0.15, 0.2) is 29.1 Å². The summed E-state index contributed by atoms with van der Waals surface area (Å²) >= 11 is 0. The summed E-state index contributed by atoms with van der Waals surface area (Å²) in [5.74, 6) is -0.382. The number of hydrogen-bond acceptors (Lipinski definition) is 3. The van der Waals surface area contributed by atoms with Gasteiger partial charge in [-0.05, 0) is 30.7 Å². The first-order valence-corrected chi connectivity index (χ1v) is 4.84. The number of rotatable bonds is 1. The Morgan fingerprint density at radius 1 is 1.31 bits per heavy atom. The number of ether oxygens (including phenoxy) is 1. The molecule has 0 aliphatic heterocycles. The van der Waals surface area contributed by atoms with Crippen molar-refractivity contribution in [3.8, 4) is 0 Å². The minimum absolute atomic E-state index is 0.143. The highest BCUT2D eigenvalue weighted by Crippen LogP contribution is 2.16. The monoisotopic (exact) mass is 217 g/mol. The van der Waals surface area contributed by atoms with E-state index in [1.807, 2.05) is 6.92 Å². The number of hydrogen-bond donors (Lipinski definition) is 1. The molecule has 1 aromatic heterocycles. The fourth-order valence-corrected chi connectivity index (χ4v) is 1.67. The quantitative estimate of drug-likeness (QED) is 0.738. The lowest BCUT2D eigenvalue weighted by Gasteiger charge is -2.04. The van der Waals surface area contributed by atoms with Gasteiger partial charge in [0.25, 0.3) is 0 Å². The number of esters is 1. The number of aromatic nitrogens is 1. The molecule has 0 fully saturated rings. The van der Waals surface area contributed by atoms with E-state index >= 15 is 0 Å². The number of benzene rings is 1. The number of methoxy groups -OCH3 is 1. The highest BCUT2D eigenvalue weighted by molar-refractivity contribution is 5.95. The zero-order valence-electron chi connectivity index (χ0n) is 9.03. The van der Waals surface area contributed by atoms with Gasteiger partial charge < -0.3 is 9.72 Å². The molecule has 2 rings (SSSR count). The molecule has 0 radical (unpaired) electrons. The van der Waals surface area contributed by atoms with E-state index in [0.717, 1.165) is 16.5 Å². The summed E-state index contributed by atoms with van der Waals surface area (Å²) in [4.78, 5) is 25.3. The second-order valence-corrected chi connectivity index (χ2v) is 3.57. The van der Waals surface area contributed by atoms with Crippen molar-refractivity contribution in [1.82, 2.24) is 4.98 Å². The van der Waals surface area contributed by atoms with Crippen LogP contribution in [-0.4, -0.2) is 18.1 Å². The van der Waals surface area contributed by atoms with E-state index < -0.39 is 0 Å². The summed E-state index contributed by atoms with van der Waals surface area (Å²) in [5.41, 5.74) is 1.89. The maximum absolute atomic E-state index is 11.3. The van der Waals surface area contributed by atoms with Gasteiger partial charge in [0.2, 0.25) is 5.56 Å². The van der Waals surface area contributed by atoms with Crippen LogP contribution in [0.4, 0.5) is 0 Å². The molecule has 4 heteroatoms. The summed E-state index contributed by atoms with van der Waals surface area (Å²) in [6, 6.07) is 6.55. The number of nitrogens with one attached hydrogen (secondary N) is 1. The molecule has 0 saturated carbocycles. The minimum Gasteiger partial charge on any atom is -0.465 e. The van der Waals surface area contributed by atoms with E-state index in [9.17, 15) is 9.59 Å². The van der Waals surface area contributed by atoms with Crippen LogP contribution in [0.5, 0.6) is 0 Å². The van der Waals surface area contributed by atoms with Crippen molar-refractivity contribution in [2.75, 3.05) is 7.11 Å². The Balaban J connectivity index is 2.71. The highest BCUT2D eigenvalue weighted by atomic mass is 16.5. The molecule has 0 saturated heterocycles. The van der Waals surface area contributed by atoms with Crippen LogP contribution in [0, 0.1) is 6.92 Å². The van der Waals surface area contributed by atoms with Crippen LogP contribution in [0.25, 0.3) is 10.9 Å². The van der Waals surface area contributed by atoms with Crippen molar-refractivity contribution in [2.45, 2.75) is 6.92 Å². The van der Waals surface area contributed by atoms with E-state index in [0.29, 0.717) is 5.56 Å². The molecule has 2 aromatic rings. The Kier molecular flexibility index (Phi) is 2.48. The molecule has 0 unspecified atom stereocenters. The van der Waals surface area contributed by atoms with Crippen molar-refractivity contribution in [3.63, 3.8) is 0 Å². The number of carbonyl (C=O) groups is 1. The number of aryl methyl sites for hydroxylation is 1. The predicted molar refractivity (Wildman–Crippen MR) is 60.6 cm³/mol. The van der Waals surface area contributed by atoms with Gasteiger partial charge in [-0.2, -0.15) is 0 Å². The zero-order chi connectivity index (χ0) is 11.7. The summed E-state index contributed by atoms with van der Waals surface area (Å²) in [5, 5.41) is 0.850. The van der Waals surface area contributed by atoms with E-state index in [4.69, 9.17) is 0 Å². The molecule has 0 bridgehead atoms. The first kappa shape index (κ1) is 10.4. The lowest BCUT2D eigenvalue weighted by Crippen LogP contribution is -2.06. The van der Waals surface area contributed by atoms with Crippen LogP contribution in [0.3, 0.4) is 0 Å². The standard InChI is InChI=1S/C12H11NO3/c1-7-5-11(14)13-10-4-3-8(6-9(7)10)12(15)16-2/h3-6H,1-2H3,(H,13,14). The maximum atomic E-state index is 11.3. The molecule has 0 spiro atoms. The average Bonchev–Trinajstić information content (AvgIpc) is 2.27. The normalized spacial score (nSPS) is 10.4. The lowest BCUT2D eigenvalue weighted by molar-refractivity contribution is 0.0601. The van der Waals surface area contributed by atoms with Crippen LogP contribution >= 0.6 is 0 Å². The molecule has 0 aliphatic carbocycles. The third-order valence-corrected chi connectivity index (χ3v) is 2.47. The van der Waals surface area contributed by atoms with E-state index in [2.05, 4.69) is 9.72 Å². The molecule has 4 nitrogen and oxygen atoms in total. The van der Waals surface area contributed by atoms with Gasteiger partial charge in [0.05, 0.1) is 12.7 Å². The average molecular weight is 217 g/mol. The first-order chi connectivity index (χ1) is 7.61. The number of H-pyrrole nitrogens is 1. The molecule has 0 atom stereocenters. The van der Waals surface area contributed by atoms with Gasteiger partial charge in [0.1, 0.15) is 0 Å². The summed E-state index contributed by atoms with van der Waals surface area (Å²) in [7, 11) is 1.34. The fraction of sp³-hybridized carbons (Fsp3) is 0.167. The SMILES string of the molecule is COC(=O)c1ccc2[nH]c(=O)cc(C)c2c1. The molecular weight excluding hydrogens is 206 g/mol. The number of aromatic amines is 1. The van der Waals surface area contributed by atoms with Crippen molar-refractivity contribution in [1.29, 1.82) is 0 Å². The molecule has 0 amide bonds. The number of pyridine rings is 1. The maximum Gasteiger partial charge on any atom is 0.337 e. The Labute approximate surface area is 91.9 Å². The number of carbonyl (C=O) groups excluding carboxylic acids is 1. The Bertz CT molecular complexity index is 613. The van der Waals surface area contributed by atoms with Crippen molar-refractivity contribution in [3.05, 3.63) is 45.7 Å². The molecule has 82 valence electrons. The van der Waals surface area contributed by atoms with Gasteiger partial charge in [-0.15, -0.1) is 0 Å². The van der Waals surface area contributed by atoms with Gasteiger partial charge in [-0.1, -0.05) is 0 Å². The van der Waals surface area contributed by atoms with E-state index in [-0.39, 0.29) is 11.5 Å². The van der Waals surface area contributed by atoms with E-state index in [1.54, 1.807) is 18.2 Å².